The molecule has 2 heterocycles. The van der Waals surface area contributed by atoms with E-state index in [1.54, 1.807) is 0 Å². The molecule has 3 rings (SSSR count). The molecule has 0 amide bonds. The van der Waals surface area contributed by atoms with Crippen molar-refractivity contribution >= 4 is 5.97 Å². The number of fused-ring (bicyclic) bond motifs is 1. The van der Waals surface area contributed by atoms with Crippen LogP contribution in [-0.2, 0) is 19.0 Å². The van der Waals surface area contributed by atoms with E-state index in [1.807, 2.05) is 0 Å². The number of aliphatic hydroxyl groups excluding tert-OH is 5. The Hall–Kier alpha value is -1.57. The molecule has 1 aliphatic carbocycles. The second-order valence-electron chi connectivity index (χ2n) is 6.78. The number of carboxylic acids is 1. The van der Waals surface area contributed by atoms with Crippen LogP contribution in [0, 0.1) is 11.8 Å². The number of aliphatic carboxylic acids is 1. The summed E-state index contributed by atoms with van der Waals surface area (Å²) in [5.74, 6) is -3.20. The van der Waals surface area contributed by atoms with Crippen LogP contribution in [0.3, 0.4) is 0 Å². The first kappa shape index (κ1) is 20.2. The fraction of sp³-hybridized carbons (Fsp3) is 0.688. The molecule has 0 spiro atoms. The lowest BCUT2D eigenvalue weighted by atomic mass is 9.79. The van der Waals surface area contributed by atoms with Gasteiger partial charge in [0.05, 0.1) is 31.0 Å². The highest BCUT2D eigenvalue weighted by atomic mass is 16.8. The Kier molecular flexibility index (Phi) is 5.57. The van der Waals surface area contributed by atoms with Gasteiger partial charge in [-0.05, 0) is 0 Å². The van der Waals surface area contributed by atoms with Gasteiger partial charge in [0, 0.05) is 5.92 Å². The van der Waals surface area contributed by atoms with Gasteiger partial charge in [0.15, 0.2) is 6.29 Å². The van der Waals surface area contributed by atoms with Gasteiger partial charge in [0.2, 0.25) is 6.29 Å². The Balaban J connectivity index is 1.84. The van der Waals surface area contributed by atoms with Gasteiger partial charge >= 0.3 is 5.97 Å². The van der Waals surface area contributed by atoms with Crippen molar-refractivity contribution in [1.82, 2.24) is 0 Å². The molecule has 3 aliphatic rings. The molecule has 0 bridgehead atoms. The van der Waals surface area contributed by atoms with Crippen molar-refractivity contribution in [3.8, 4) is 0 Å². The minimum Gasteiger partial charge on any atom is -0.478 e. The maximum absolute atomic E-state index is 11.4. The number of allylic oxidation sites excluding steroid dienone is 1. The molecule has 1 fully saturated rings. The standard InChI is InChI=1S/C16H22O11/c17-3-8-10(19)11(20)12(21)15(26-8)27-14-9-6(1-2-16(9,24)5-18)7(4-25-14)13(22)23/h1-2,4,6,8-12,14-15,17-21,24H,3,5H2,(H,22,23)/t6-,8-,9+,10-,11-,12+,14-,15-,16-/m0/s1. The minimum absolute atomic E-state index is 0.158. The summed E-state index contributed by atoms with van der Waals surface area (Å²) in [6.07, 6.45) is -5.48. The van der Waals surface area contributed by atoms with Crippen molar-refractivity contribution in [2.75, 3.05) is 13.2 Å². The SMILES string of the molecule is O=C(O)C1=CO[C@@H](O[C@@H]2O[C@@H](CO)[C@H](O)[C@H](O)[C@H]2O)[C@H]2[C@H]1C=C[C@]2(O)CO. The van der Waals surface area contributed by atoms with Crippen LogP contribution in [-0.4, -0.2) is 97.5 Å². The third-order valence-corrected chi connectivity index (χ3v) is 5.15. The molecule has 9 atom stereocenters. The molecule has 1 saturated heterocycles. The Morgan fingerprint density at radius 3 is 2.44 bits per heavy atom. The summed E-state index contributed by atoms with van der Waals surface area (Å²) in [5.41, 5.74) is -2.01. The molecular formula is C16H22O11. The molecular weight excluding hydrogens is 368 g/mol. The van der Waals surface area contributed by atoms with E-state index < -0.39 is 73.6 Å². The van der Waals surface area contributed by atoms with Gasteiger partial charge in [-0.2, -0.15) is 0 Å². The Labute approximate surface area is 153 Å². The third kappa shape index (κ3) is 3.37. The molecule has 2 aliphatic heterocycles. The Morgan fingerprint density at radius 2 is 1.85 bits per heavy atom. The number of carboxylic acid groups (broad SMARTS) is 1. The Morgan fingerprint density at radius 1 is 1.15 bits per heavy atom. The molecule has 11 nitrogen and oxygen atoms in total. The zero-order valence-corrected chi connectivity index (χ0v) is 14.0. The second-order valence-corrected chi connectivity index (χ2v) is 6.78. The van der Waals surface area contributed by atoms with Crippen LogP contribution in [0.25, 0.3) is 0 Å². The van der Waals surface area contributed by atoms with E-state index in [1.165, 1.54) is 12.2 Å². The van der Waals surface area contributed by atoms with Gasteiger partial charge in [-0.25, -0.2) is 4.79 Å². The lowest BCUT2D eigenvalue weighted by molar-refractivity contribution is -0.346. The molecule has 11 heteroatoms. The number of hydrogen-bond acceptors (Lipinski definition) is 10. The van der Waals surface area contributed by atoms with Gasteiger partial charge < -0.3 is 50.0 Å². The van der Waals surface area contributed by atoms with Crippen LogP contribution in [0.15, 0.2) is 24.0 Å². The maximum Gasteiger partial charge on any atom is 0.335 e. The second kappa shape index (κ2) is 7.45. The van der Waals surface area contributed by atoms with Crippen molar-refractivity contribution in [3.63, 3.8) is 0 Å². The van der Waals surface area contributed by atoms with Gasteiger partial charge in [-0.15, -0.1) is 0 Å². The summed E-state index contributed by atoms with van der Waals surface area (Å²) in [6, 6.07) is 0. The van der Waals surface area contributed by atoms with E-state index in [4.69, 9.17) is 14.2 Å². The number of carbonyl (C=O) groups is 1. The van der Waals surface area contributed by atoms with Crippen LogP contribution < -0.4 is 0 Å². The van der Waals surface area contributed by atoms with Crippen molar-refractivity contribution in [3.05, 3.63) is 24.0 Å². The minimum atomic E-state index is -1.85. The number of ether oxygens (including phenoxy) is 3. The molecule has 0 unspecified atom stereocenters. The molecule has 0 radical (unpaired) electrons. The summed E-state index contributed by atoms with van der Waals surface area (Å²) < 4.78 is 16.0. The van der Waals surface area contributed by atoms with E-state index in [9.17, 15) is 40.5 Å². The summed E-state index contributed by atoms with van der Waals surface area (Å²) in [4.78, 5) is 11.4. The maximum atomic E-state index is 11.4. The normalized spacial score (nSPS) is 46.5. The zero-order chi connectivity index (χ0) is 19.9. The molecule has 0 aromatic rings. The average Bonchev–Trinajstić information content (AvgIpc) is 3.01. The van der Waals surface area contributed by atoms with Gasteiger partial charge in [-0.1, -0.05) is 12.2 Å². The monoisotopic (exact) mass is 390 g/mol. The Bertz CT molecular complexity index is 632. The van der Waals surface area contributed by atoms with Gasteiger partial charge in [0.25, 0.3) is 0 Å². The van der Waals surface area contributed by atoms with E-state index in [2.05, 4.69) is 0 Å². The van der Waals surface area contributed by atoms with Crippen LogP contribution >= 0.6 is 0 Å². The summed E-state index contributed by atoms with van der Waals surface area (Å²) in [5, 5.41) is 68.4. The largest absolute Gasteiger partial charge is 0.478 e. The van der Waals surface area contributed by atoms with Crippen molar-refractivity contribution in [1.29, 1.82) is 0 Å². The van der Waals surface area contributed by atoms with Crippen LogP contribution in [0.2, 0.25) is 0 Å². The lowest BCUT2D eigenvalue weighted by Gasteiger charge is -2.44. The topological polar surface area (TPSA) is 186 Å². The molecule has 152 valence electrons. The quantitative estimate of drug-likeness (QED) is 0.233. The van der Waals surface area contributed by atoms with Crippen molar-refractivity contribution in [2.45, 2.75) is 42.6 Å². The van der Waals surface area contributed by atoms with E-state index in [-0.39, 0.29) is 5.57 Å². The van der Waals surface area contributed by atoms with Crippen LogP contribution in [0.1, 0.15) is 0 Å². The van der Waals surface area contributed by atoms with Crippen molar-refractivity contribution < 1.29 is 54.8 Å². The molecule has 27 heavy (non-hydrogen) atoms. The van der Waals surface area contributed by atoms with Crippen LogP contribution in [0.4, 0.5) is 0 Å². The van der Waals surface area contributed by atoms with E-state index in [0.29, 0.717) is 0 Å². The summed E-state index contributed by atoms with van der Waals surface area (Å²) in [7, 11) is 0. The number of aliphatic hydroxyl groups is 6. The fourth-order valence-electron chi connectivity index (χ4n) is 3.60. The first-order valence-corrected chi connectivity index (χ1v) is 8.31. The highest BCUT2D eigenvalue weighted by Gasteiger charge is 2.55. The number of hydrogen-bond donors (Lipinski definition) is 7. The van der Waals surface area contributed by atoms with Crippen LogP contribution in [0.5, 0.6) is 0 Å². The molecule has 0 saturated carbocycles. The zero-order valence-electron chi connectivity index (χ0n) is 14.0. The van der Waals surface area contributed by atoms with Gasteiger partial charge in [-0.3, -0.25) is 0 Å². The predicted octanol–water partition coefficient (Wildman–Crippen LogP) is -3.35. The van der Waals surface area contributed by atoms with E-state index >= 15 is 0 Å². The third-order valence-electron chi connectivity index (χ3n) is 5.15. The highest BCUT2D eigenvalue weighted by Crippen LogP contribution is 2.45. The lowest BCUT2D eigenvalue weighted by Crippen LogP contribution is -2.61. The molecule has 7 N–H and O–H groups in total. The van der Waals surface area contributed by atoms with E-state index in [0.717, 1.165) is 6.26 Å². The molecule has 0 aromatic heterocycles. The number of rotatable bonds is 5. The summed E-state index contributed by atoms with van der Waals surface area (Å²) in [6.45, 7) is -1.40. The fourth-order valence-corrected chi connectivity index (χ4v) is 3.60. The van der Waals surface area contributed by atoms with Gasteiger partial charge in [0.1, 0.15) is 30.0 Å². The van der Waals surface area contributed by atoms with Crippen molar-refractivity contribution in [2.24, 2.45) is 11.8 Å². The first-order valence-electron chi connectivity index (χ1n) is 8.31. The highest BCUT2D eigenvalue weighted by molar-refractivity contribution is 5.87. The molecule has 0 aromatic carbocycles. The predicted molar refractivity (Wildman–Crippen MR) is 83.6 cm³/mol. The smallest absolute Gasteiger partial charge is 0.335 e. The summed E-state index contributed by atoms with van der Waals surface area (Å²) >= 11 is 0. The first-order chi connectivity index (χ1) is 12.7. The average molecular weight is 390 g/mol.